The Labute approximate surface area is 160 Å². The molecule has 1 atom stereocenters. The molecule has 0 radical (unpaired) electrons. The maximum Gasteiger partial charge on any atom is 0.257 e. The summed E-state index contributed by atoms with van der Waals surface area (Å²) < 4.78 is 0.888. The van der Waals surface area contributed by atoms with Crippen LogP contribution in [0.4, 0.5) is 5.69 Å². The molecule has 26 heavy (non-hydrogen) atoms. The summed E-state index contributed by atoms with van der Waals surface area (Å²) in [7, 11) is 3.94. The Bertz CT molecular complexity index is 845. The minimum atomic E-state index is -0.319. The standard InChI is InChI=1S/C19H19BrN4O2/c1-24(2)15-9-5-12(6-10-15)16-11-17(25)22-19(21-16)23-18(26)13-3-7-14(20)8-4-13/h3-10,16H,11H2,1-2H3,(H2,21,22,23,25,26)/t16-/m1/s1. The van der Waals surface area contributed by atoms with Gasteiger partial charge in [-0.1, -0.05) is 28.1 Å². The lowest BCUT2D eigenvalue weighted by Crippen LogP contribution is -2.47. The van der Waals surface area contributed by atoms with Gasteiger partial charge in [0.2, 0.25) is 11.9 Å². The first kappa shape index (κ1) is 18.1. The van der Waals surface area contributed by atoms with Crippen molar-refractivity contribution in [3.8, 4) is 0 Å². The van der Waals surface area contributed by atoms with Gasteiger partial charge in [0, 0.05) is 29.8 Å². The first-order valence-electron chi connectivity index (χ1n) is 8.14. The SMILES string of the molecule is CN(C)c1ccc([C@H]2CC(=O)NC(NC(=O)c3ccc(Br)cc3)=N2)cc1. The summed E-state index contributed by atoms with van der Waals surface area (Å²) >= 11 is 3.33. The topological polar surface area (TPSA) is 73.8 Å². The number of aliphatic imine (C=N–C) groups is 1. The van der Waals surface area contributed by atoms with Crippen LogP contribution in [0.3, 0.4) is 0 Å². The van der Waals surface area contributed by atoms with Gasteiger partial charge in [0.1, 0.15) is 0 Å². The number of nitrogens with one attached hydrogen (secondary N) is 2. The third-order valence-electron chi connectivity index (χ3n) is 4.05. The van der Waals surface area contributed by atoms with Crippen LogP contribution in [0.25, 0.3) is 0 Å². The van der Waals surface area contributed by atoms with Crippen LogP contribution in [-0.4, -0.2) is 31.9 Å². The van der Waals surface area contributed by atoms with E-state index in [4.69, 9.17) is 0 Å². The van der Waals surface area contributed by atoms with Gasteiger partial charge in [-0.25, -0.2) is 4.99 Å². The summed E-state index contributed by atoms with van der Waals surface area (Å²) in [5, 5.41) is 5.29. The van der Waals surface area contributed by atoms with E-state index in [0.29, 0.717) is 5.56 Å². The lowest BCUT2D eigenvalue weighted by atomic mass is 10.0. The van der Waals surface area contributed by atoms with Crippen molar-refractivity contribution in [2.45, 2.75) is 12.5 Å². The highest BCUT2D eigenvalue weighted by Gasteiger charge is 2.23. The quantitative estimate of drug-likeness (QED) is 0.810. The smallest absolute Gasteiger partial charge is 0.257 e. The van der Waals surface area contributed by atoms with Gasteiger partial charge in [-0.15, -0.1) is 0 Å². The van der Waals surface area contributed by atoms with Crippen LogP contribution < -0.4 is 15.5 Å². The molecule has 1 heterocycles. The number of halogens is 1. The maximum absolute atomic E-state index is 12.3. The van der Waals surface area contributed by atoms with Gasteiger partial charge >= 0.3 is 0 Å². The van der Waals surface area contributed by atoms with Gasteiger partial charge in [0.25, 0.3) is 5.91 Å². The number of rotatable bonds is 3. The summed E-state index contributed by atoms with van der Waals surface area (Å²) in [5.74, 6) is -0.316. The zero-order valence-corrected chi connectivity index (χ0v) is 16.1. The number of carbonyl (C=O) groups is 2. The molecule has 6 nitrogen and oxygen atoms in total. The Morgan fingerprint density at radius 2 is 1.81 bits per heavy atom. The number of hydrogen-bond acceptors (Lipinski definition) is 4. The molecule has 2 aromatic carbocycles. The lowest BCUT2D eigenvalue weighted by molar-refractivity contribution is -0.120. The van der Waals surface area contributed by atoms with Gasteiger partial charge in [-0.3, -0.25) is 20.2 Å². The van der Waals surface area contributed by atoms with Crippen LogP contribution in [0.1, 0.15) is 28.4 Å². The van der Waals surface area contributed by atoms with E-state index >= 15 is 0 Å². The molecular weight excluding hydrogens is 396 g/mol. The molecule has 0 saturated heterocycles. The molecule has 0 saturated carbocycles. The summed E-state index contributed by atoms with van der Waals surface area (Å²) in [6.45, 7) is 0. The van der Waals surface area contributed by atoms with Gasteiger partial charge in [-0.2, -0.15) is 0 Å². The van der Waals surface area contributed by atoms with Crippen molar-refractivity contribution >= 4 is 39.4 Å². The number of nitrogens with zero attached hydrogens (tertiary/aromatic N) is 2. The zero-order chi connectivity index (χ0) is 18.7. The van der Waals surface area contributed by atoms with Crippen LogP contribution in [0, 0.1) is 0 Å². The van der Waals surface area contributed by atoms with Crippen LogP contribution in [-0.2, 0) is 4.79 Å². The molecule has 0 bridgehead atoms. The number of guanidine groups is 1. The summed E-state index contributed by atoms with van der Waals surface area (Å²) in [6.07, 6.45) is 0.249. The lowest BCUT2D eigenvalue weighted by Gasteiger charge is -2.22. The van der Waals surface area contributed by atoms with E-state index in [1.54, 1.807) is 24.3 Å². The molecule has 2 N–H and O–H groups in total. The molecule has 0 unspecified atom stereocenters. The normalized spacial score (nSPS) is 16.5. The van der Waals surface area contributed by atoms with Crippen molar-refractivity contribution in [3.05, 3.63) is 64.1 Å². The third kappa shape index (κ3) is 4.29. The number of anilines is 1. The van der Waals surface area contributed by atoms with E-state index < -0.39 is 0 Å². The second-order valence-corrected chi connectivity index (χ2v) is 7.11. The molecule has 2 amide bonds. The average Bonchev–Trinajstić information content (AvgIpc) is 2.61. The third-order valence-corrected chi connectivity index (χ3v) is 4.58. The van der Waals surface area contributed by atoms with Gasteiger partial charge in [-0.05, 0) is 42.0 Å². The van der Waals surface area contributed by atoms with Crippen LogP contribution in [0.5, 0.6) is 0 Å². The predicted octanol–water partition coefficient (Wildman–Crippen LogP) is 2.86. The number of benzene rings is 2. The second-order valence-electron chi connectivity index (χ2n) is 6.19. The Kier molecular flexibility index (Phi) is 5.37. The van der Waals surface area contributed by atoms with E-state index in [0.717, 1.165) is 15.7 Å². The summed E-state index contributed by atoms with van der Waals surface area (Å²) in [4.78, 5) is 30.9. The average molecular weight is 415 g/mol. The molecule has 0 aromatic heterocycles. The highest BCUT2D eigenvalue weighted by atomic mass is 79.9. The Morgan fingerprint density at radius 1 is 1.15 bits per heavy atom. The van der Waals surface area contributed by atoms with Crippen LogP contribution >= 0.6 is 15.9 Å². The van der Waals surface area contributed by atoms with Crippen molar-refractivity contribution in [2.24, 2.45) is 4.99 Å². The molecule has 0 fully saturated rings. The van der Waals surface area contributed by atoms with Crippen molar-refractivity contribution < 1.29 is 9.59 Å². The minimum absolute atomic E-state index is 0.173. The number of hydrogen-bond donors (Lipinski definition) is 2. The Morgan fingerprint density at radius 3 is 2.42 bits per heavy atom. The highest BCUT2D eigenvalue weighted by Crippen LogP contribution is 2.25. The molecule has 1 aliphatic rings. The maximum atomic E-state index is 12.3. The van der Waals surface area contributed by atoms with Crippen molar-refractivity contribution in [3.63, 3.8) is 0 Å². The fourth-order valence-corrected chi connectivity index (χ4v) is 2.89. The predicted molar refractivity (Wildman–Crippen MR) is 105 cm³/mol. The van der Waals surface area contributed by atoms with E-state index in [9.17, 15) is 9.59 Å². The first-order valence-corrected chi connectivity index (χ1v) is 8.93. The number of amides is 2. The number of carbonyl (C=O) groups excluding carboxylic acids is 2. The van der Waals surface area contributed by atoms with E-state index in [1.807, 2.05) is 43.3 Å². The summed E-state index contributed by atoms with van der Waals surface area (Å²) in [5.41, 5.74) is 2.49. The molecule has 1 aliphatic heterocycles. The Hall–Kier alpha value is -2.67. The molecule has 2 aromatic rings. The molecule has 0 aliphatic carbocycles. The van der Waals surface area contributed by atoms with E-state index in [2.05, 4.69) is 31.6 Å². The van der Waals surface area contributed by atoms with Crippen molar-refractivity contribution in [2.75, 3.05) is 19.0 Å². The van der Waals surface area contributed by atoms with E-state index in [-0.39, 0.29) is 30.2 Å². The largest absolute Gasteiger partial charge is 0.378 e. The molecular formula is C19H19BrN4O2. The van der Waals surface area contributed by atoms with Crippen LogP contribution in [0.2, 0.25) is 0 Å². The van der Waals surface area contributed by atoms with Gasteiger partial charge in [0.15, 0.2) is 0 Å². The van der Waals surface area contributed by atoms with Gasteiger partial charge < -0.3 is 4.90 Å². The molecule has 7 heteroatoms. The minimum Gasteiger partial charge on any atom is -0.378 e. The van der Waals surface area contributed by atoms with Crippen molar-refractivity contribution in [1.29, 1.82) is 0 Å². The van der Waals surface area contributed by atoms with E-state index in [1.165, 1.54) is 0 Å². The van der Waals surface area contributed by atoms with Gasteiger partial charge in [0.05, 0.1) is 12.5 Å². The van der Waals surface area contributed by atoms with Crippen LogP contribution in [0.15, 0.2) is 58.0 Å². The zero-order valence-electron chi connectivity index (χ0n) is 14.5. The molecule has 134 valence electrons. The Balaban J connectivity index is 1.77. The van der Waals surface area contributed by atoms with Crippen molar-refractivity contribution in [1.82, 2.24) is 10.6 Å². The fraction of sp³-hybridized carbons (Fsp3) is 0.211. The molecule has 0 spiro atoms. The monoisotopic (exact) mass is 414 g/mol. The fourth-order valence-electron chi connectivity index (χ4n) is 2.62. The summed E-state index contributed by atoms with van der Waals surface area (Å²) in [6, 6.07) is 14.5. The molecule has 3 rings (SSSR count). The second kappa shape index (κ2) is 7.70. The highest BCUT2D eigenvalue weighted by molar-refractivity contribution is 9.10. The first-order chi connectivity index (χ1) is 12.4.